The molecule has 0 aliphatic carbocycles. The molecule has 7 unspecified atom stereocenters. The zero-order chi connectivity index (χ0) is 35.8. The van der Waals surface area contributed by atoms with Crippen LogP contribution in [-0.2, 0) is 33.6 Å². The molecule has 0 spiro atoms. The quantitative estimate of drug-likeness (QED) is 0.0718. The first-order valence-corrected chi connectivity index (χ1v) is 16.5. The van der Waals surface area contributed by atoms with Crippen molar-refractivity contribution in [1.82, 2.24) is 26.2 Å². The maximum absolute atomic E-state index is 13.8. The first-order valence-electron chi connectivity index (χ1n) is 16.5. The van der Waals surface area contributed by atoms with E-state index in [0.29, 0.717) is 38.6 Å². The molecule has 5 amide bonds. The number of likely N-dealkylation sites (tertiary alicyclic amines) is 1. The van der Waals surface area contributed by atoms with Gasteiger partial charge in [-0.15, -0.1) is 0 Å². The van der Waals surface area contributed by atoms with E-state index < -0.39 is 84.1 Å². The third-order valence-corrected chi connectivity index (χ3v) is 8.27. The van der Waals surface area contributed by atoms with Gasteiger partial charge in [-0.3, -0.25) is 28.8 Å². The topological polar surface area (TPSA) is 263 Å². The van der Waals surface area contributed by atoms with Gasteiger partial charge in [0.1, 0.15) is 30.2 Å². The minimum Gasteiger partial charge on any atom is -0.481 e. The molecular formula is C31H55N7O9. The second-order valence-electron chi connectivity index (χ2n) is 12.7. The zero-order valence-corrected chi connectivity index (χ0v) is 28.3. The molecule has 0 aromatic heterocycles. The standard InChI is InChI=1S/C31H55N7O9/c1-6-18(4)25(37-27(42)20(33)16-17(2)3)30(45)38-15-9-11-23(38)29(44)35-21(12-13-24(39)40)28(43)34-19(5)26(41)36-22(31(46)47)10-7-8-14-32/h17-23,25H,6-16,32-33H2,1-5H3,(H,34,43)(H,35,44)(H,36,41)(H,37,42)(H,39,40)(H,46,47). The molecule has 1 rings (SSSR count). The van der Waals surface area contributed by atoms with Crippen molar-refractivity contribution in [3.8, 4) is 0 Å². The lowest BCUT2D eigenvalue weighted by atomic mass is 9.96. The van der Waals surface area contributed by atoms with E-state index in [9.17, 15) is 43.8 Å². The van der Waals surface area contributed by atoms with Crippen LogP contribution in [0.1, 0.15) is 92.4 Å². The molecule has 0 saturated carbocycles. The Morgan fingerprint density at radius 2 is 1.51 bits per heavy atom. The van der Waals surface area contributed by atoms with Gasteiger partial charge < -0.3 is 47.8 Å². The first-order chi connectivity index (χ1) is 22.0. The summed E-state index contributed by atoms with van der Waals surface area (Å²) in [6.07, 6.45) is 2.14. The molecule has 16 nitrogen and oxygen atoms in total. The first kappa shape index (κ1) is 41.2. The van der Waals surface area contributed by atoms with E-state index >= 15 is 0 Å². The maximum atomic E-state index is 13.8. The van der Waals surface area contributed by atoms with Gasteiger partial charge in [-0.2, -0.15) is 0 Å². The van der Waals surface area contributed by atoms with Crippen LogP contribution < -0.4 is 32.7 Å². The van der Waals surface area contributed by atoms with Gasteiger partial charge >= 0.3 is 11.9 Å². The van der Waals surface area contributed by atoms with Crippen LogP contribution in [0.4, 0.5) is 0 Å². The summed E-state index contributed by atoms with van der Waals surface area (Å²) in [5.74, 6) is -5.81. The lowest BCUT2D eigenvalue weighted by Gasteiger charge is -2.32. The van der Waals surface area contributed by atoms with Crippen LogP contribution in [0, 0.1) is 11.8 Å². The fourth-order valence-corrected chi connectivity index (χ4v) is 5.27. The smallest absolute Gasteiger partial charge is 0.326 e. The van der Waals surface area contributed by atoms with Crippen molar-refractivity contribution in [2.45, 2.75) is 129 Å². The van der Waals surface area contributed by atoms with Crippen LogP contribution in [0.5, 0.6) is 0 Å². The van der Waals surface area contributed by atoms with E-state index in [1.807, 2.05) is 27.7 Å². The Morgan fingerprint density at radius 1 is 0.851 bits per heavy atom. The highest BCUT2D eigenvalue weighted by molar-refractivity contribution is 5.96. The molecule has 1 heterocycles. The predicted molar refractivity (Wildman–Crippen MR) is 172 cm³/mol. The third kappa shape index (κ3) is 13.8. The van der Waals surface area contributed by atoms with Gasteiger partial charge in [0.2, 0.25) is 29.5 Å². The lowest BCUT2D eigenvalue weighted by Crippen LogP contribution is -2.59. The summed E-state index contributed by atoms with van der Waals surface area (Å²) >= 11 is 0. The van der Waals surface area contributed by atoms with E-state index in [0.717, 1.165) is 0 Å². The van der Waals surface area contributed by atoms with Crippen LogP contribution in [0.25, 0.3) is 0 Å². The minimum absolute atomic E-state index is 0.138. The van der Waals surface area contributed by atoms with Crippen LogP contribution in [-0.4, -0.2) is 106 Å². The third-order valence-electron chi connectivity index (χ3n) is 8.27. The van der Waals surface area contributed by atoms with Gasteiger partial charge in [-0.05, 0) is 70.3 Å². The number of unbranched alkanes of at least 4 members (excludes halogenated alkanes) is 1. The van der Waals surface area contributed by atoms with Crippen LogP contribution in [0.3, 0.4) is 0 Å². The van der Waals surface area contributed by atoms with Gasteiger partial charge in [0, 0.05) is 13.0 Å². The summed E-state index contributed by atoms with van der Waals surface area (Å²) in [4.78, 5) is 90.3. The van der Waals surface area contributed by atoms with Gasteiger partial charge in [0.25, 0.3) is 0 Å². The normalized spacial score (nSPS) is 18.3. The van der Waals surface area contributed by atoms with Gasteiger partial charge in [-0.25, -0.2) is 4.79 Å². The number of nitrogens with two attached hydrogens (primary N) is 2. The molecule has 0 radical (unpaired) electrons. The highest BCUT2D eigenvalue weighted by atomic mass is 16.4. The second-order valence-corrected chi connectivity index (χ2v) is 12.7. The Labute approximate surface area is 276 Å². The average molecular weight is 670 g/mol. The Kier molecular flexibility index (Phi) is 17.9. The largest absolute Gasteiger partial charge is 0.481 e. The van der Waals surface area contributed by atoms with Crippen molar-refractivity contribution in [2.24, 2.45) is 23.3 Å². The predicted octanol–water partition coefficient (Wildman–Crippen LogP) is -0.566. The Hall–Kier alpha value is -3.79. The molecule has 10 N–H and O–H groups in total. The SMILES string of the molecule is CCC(C)C(NC(=O)C(N)CC(C)C)C(=O)N1CCCC1C(=O)NC(CCC(=O)O)C(=O)NC(C)C(=O)NC(CCCCN)C(=O)O. The number of hydrogen-bond acceptors (Lipinski definition) is 9. The fourth-order valence-electron chi connectivity index (χ4n) is 5.27. The number of amides is 5. The van der Waals surface area contributed by atoms with E-state index in [1.165, 1.54) is 11.8 Å². The fraction of sp³-hybridized carbons (Fsp3) is 0.774. The molecular weight excluding hydrogens is 614 g/mol. The maximum Gasteiger partial charge on any atom is 0.326 e. The van der Waals surface area contributed by atoms with E-state index in [1.54, 1.807) is 0 Å². The number of aliphatic carboxylic acids is 2. The van der Waals surface area contributed by atoms with Crippen molar-refractivity contribution in [3.05, 3.63) is 0 Å². The molecule has 1 fully saturated rings. The van der Waals surface area contributed by atoms with Crippen molar-refractivity contribution in [1.29, 1.82) is 0 Å². The van der Waals surface area contributed by atoms with Crippen molar-refractivity contribution in [3.63, 3.8) is 0 Å². The minimum atomic E-state index is -1.37. The molecule has 0 aromatic carbocycles. The number of carboxylic acids is 2. The summed E-state index contributed by atoms with van der Waals surface area (Å²) < 4.78 is 0. The number of carbonyl (C=O) groups excluding carboxylic acids is 5. The highest BCUT2D eigenvalue weighted by Gasteiger charge is 2.40. The summed E-state index contributed by atoms with van der Waals surface area (Å²) in [6, 6.07) is -6.51. The second kappa shape index (κ2) is 20.4. The molecule has 47 heavy (non-hydrogen) atoms. The molecule has 1 aliphatic rings. The monoisotopic (exact) mass is 669 g/mol. The zero-order valence-electron chi connectivity index (χ0n) is 28.3. The number of carboxylic acid groups (broad SMARTS) is 2. The van der Waals surface area contributed by atoms with Gasteiger partial charge in [0.15, 0.2) is 0 Å². The molecule has 16 heteroatoms. The van der Waals surface area contributed by atoms with E-state index in [-0.39, 0.29) is 37.6 Å². The summed E-state index contributed by atoms with van der Waals surface area (Å²) in [6.45, 7) is 9.47. The summed E-state index contributed by atoms with van der Waals surface area (Å²) in [7, 11) is 0. The van der Waals surface area contributed by atoms with Crippen LogP contribution in [0.2, 0.25) is 0 Å². The van der Waals surface area contributed by atoms with Crippen molar-refractivity contribution >= 4 is 41.5 Å². The molecule has 1 saturated heterocycles. The van der Waals surface area contributed by atoms with Crippen molar-refractivity contribution in [2.75, 3.05) is 13.1 Å². The van der Waals surface area contributed by atoms with Gasteiger partial charge in [-0.1, -0.05) is 34.1 Å². The lowest BCUT2D eigenvalue weighted by molar-refractivity contribution is -0.143. The molecule has 7 atom stereocenters. The van der Waals surface area contributed by atoms with Crippen molar-refractivity contribution < 1.29 is 43.8 Å². The Bertz CT molecular complexity index is 1100. The number of nitrogens with one attached hydrogen (secondary N) is 4. The average Bonchev–Trinajstić information content (AvgIpc) is 3.50. The van der Waals surface area contributed by atoms with Crippen LogP contribution >= 0.6 is 0 Å². The number of hydrogen-bond donors (Lipinski definition) is 8. The number of carbonyl (C=O) groups is 7. The molecule has 268 valence electrons. The number of rotatable bonds is 21. The summed E-state index contributed by atoms with van der Waals surface area (Å²) in [5.41, 5.74) is 11.5. The Morgan fingerprint density at radius 3 is 2.06 bits per heavy atom. The van der Waals surface area contributed by atoms with Gasteiger partial charge in [0.05, 0.1) is 6.04 Å². The molecule has 1 aliphatic heterocycles. The molecule has 0 bridgehead atoms. The van der Waals surface area contributed by atoms with Crippen LogP contribution in [0.15, 0.2) is 0 Å². The number of nitrogens with zero attached hydrogens (tertiary/aromatic N) is 1. The van der Waals surface area contributed by atoms with E-state index in [4.69, 9.17) is 11.5 Å². The summed E-state index contributed by atoms with van der Waals surface area (Å²) in [5, 5.41) is 28.8. The highest BCUT2D eigenvalue weighted by Crippen LogP contribution is 2.22. The van der Waals surface area contributed by atoms with E-state index in [2.05, 4.69) is 21.3 Å². The molecule has 0 aromatic rings. The Balaban J connectivity index is 3.06.